The van der Waals surface area contributed by atoms with Gasteiger partial charge >= 0.3 is 0 Å². The van der Waals surface area contributed by atoms with E-state index in [1.807, 2.05) is 37.4 Å². The average molecular weight is 284 g/mol. The van der Waals surface area contributed by atoms with E-state index in [4.69, 9.17) is 0 Å². The van der Waals surface area contributed by atoms with Crippen molar-refractivity contribution in [3.8, 4) is 0 Å². The average Bonchev–Trinajstić information content (AvgIpc) is 2.85. The van der Waals surface area contributed by atoms with E-state index in [0.717, 1.165) is 18.7 Å². The van der Waals surface area contributed by atoms with E-state index >= 15 is 0 Å². The van der Waals surface area contributed by atoms with Crippen molar-refractivity contribution in [3.63, 3.8) is 0 Å². The number of nitrogens with one attached hydrogen (secondary N) is 1. The van der Waals surface area contributed by atoms with Gasteiger partial charge in [0.1, 0.15) is 12.1 Å². The van der Waals surface area contributed by atoms with Crippen LogP contribution >= 0.6 is 11.8 Å². The third-order valence-electron chi connectivity index (χ3n) is 4.02. The minimum atomic E-state index is -0.323. The van der Waals surface area contributed by atoms with E-state index in [1.54, 1.807) is 0 Å². The number of hydrogen-bond donors (Lipinski definition) is 1. The molecule has 0 aliphatic carbocycles. The van der Waals surface area contributed by atoms with Crippen LogP contribution in [0.4, 0.5) is 0 Å². The molecule has 0 aromatic heterocycles. The minimum absolute atomic E-state index is 0.0205. The molecule has 5 heteroatoms. The Kier molecular flexibility index (Phi) is 4.76. The van der Waals surface area contributed by atoms with Crippen LogP contribution in [0.15, 0.2) is 0 Å². The Morgan fingerprint density at radius 1 is 1.42 bits per heavy atom. The molecule has 2 fully saturated rings. The van der Waals surface area contributed by atoms with Gasteiger partial charge in [-0.05, 0) is 36.2 Å². The molecule has 1 N–H and O–H groups in total. The van der Waals surface area contributed by atoms with Crippen LogP contribution in [0, 0.1) is 11.8 Å². The van der Waals surface area contributed by atoms with Crippen molar-refractivity contribution in [2.24, 2.45) is 11.8 Å². The van der Waals surface area contributed by atoms with Gasteiger partial charge in [0.2, 0.25) is 11.8 Å². The van der Waals surface area contributed by atoms with Gasteiger partial charge < -0.3 is 10.2 Å². The van der Waals surface area contributed by atoms with Gasteiger partial charge in [-0.15, -0.1) is 0 Å². The van der Waals surface area contributed by atoms with Crippen molar-refractivity contribution in [1.29, 1.82) is 0 Å². The molecule has 19 heavy (non-hydrogen) atoms. The molecule has 2 aliphatic rings. The lowest BCUT2D eigenvalue weighted by molar-refractivity contribution is -0.151. The fourth-order valence-electron chi connectivity index (χ4n) is 2.95. The van der Waals surface area contributed by atoms with E-state index in [2.05, 4.69) is 5.32 Å². The zero-order chi connectivity index (χ0) is 14.0. The van der Waals surface area contributed by atoms with Crippen LogP contribution in [0.3, 0.4) is 0 Å². The van der Waals surface area contributed by atoms with Crippen molar-refractivity contribution in [1.82, 2.24) is 10.2 Å². The molecule has 2 amide bonds. The fraction of sp³-hybridized carbons (Fsp3) is 0.857. The van der Waals surface area contributed by atoms with E-state index < -0.39 is 0 Å². The number of piperazine rings is 1. The van der Waals surface area contributed by atoms with E-state index in [9.17, 15) is 9.59 Å². The van der Waals surface area contributed by atoms with Gasteiger partial charge in [0.25, 0.3) is 0 Å². The Bertz CT molecular complexity index is 353. The normalized spacial score (nSPS) is 32.0. The summed E-state index contributed by atoms with van der Waals surface area (Å²) < 4.78 is 0. The smallest absolute Gasteiger partial charge is 0.245 e. The second-order valence-corrected chi connectivity index (χ2v) is 7.03. The van der Waals surface area contributed by atoms with Crippen LogP contribution < -0.4 is 5.32 Å². The maximum absolute atomic E-state index is 12.5. The summed E-state index contributed by atoms with van der Waals surface area (Å²) in [5, 5.41) is 2.87. The number of hydrogen-bond acceptors (Lipinski definition) is 3. The highest BCUT2D eigenvalue weighted by Gasteiger charge is 2.42. The first-order valence-electron chi connectivity index (χ1n) is 7.23. The largest absolute Gasteiger partial charge is 0.343 e. The number of rotatable bonds is 4. The predicted molar refractivity (Wildman–Crippen MR) is 78.0 cm³/mol. The van der Waals surface area contributed by atoms with Gasteiger partial charge in [0.05, 0.1) is 0 Å². The summed E-state index contributed by atoms with van der Waals surface area (Å²) in [4.78, 5) is 26.6. The highest BCUT2D eigenvalue weighted by atomic mass is 32.2. The van der Waals surface area contributed by atoms with Crippen LogP contribution in [0.5, 0.6) is 0 Å². The molecule has 3 atom stereocenters. The molecule has 4 nitrogen and oxygen atoms in total. The molecule has 0 radical (unpaired) electrons. The zero-order valence-electron chi connectivity index (χ0n) is 12.0. The first-order chi connectivity index (χ1) is 9.04. The van der Waals surface area contributed by atoms with Gasteiger partial charge in [0, 0.05) is 6.54 Å². The third kappa shape index (κ3) is 3.07. The molecule has 0 aromatic carbocycles. The summed E-state index contributed by atoms with van der Waals surface area (Å²) in [7, 11) is 0. The van der Waals surface area contributed by atoms with Crippen LogP contribution in [0.2, 0.25) is 0 Å². The Labute approximate surface area is 119 Å². The standard InChI is InChI=1S/C14H24N2O2S/c1-4-11-14(18)16(7-10-5-6-19-8-10)12(9(2)3)13(17)15-11/h9-12H,4-8H2,1-3H3,(H,15,17). The van der Waals surface area contributed by atoms with Crippen LogP contribution in [0.25, 0.3) is 0 Å². The van der Waals surface area contributed by atoms with E-state index in [-0.39, 0.29) is 29.8 Å². The Morgan fingerprint density at radius 2 is 2.16 bits per heavy atom. The molecule has 108 valence electrons. The van der Waals surface area contributed by atoms with Gasteiger partial charge in [0.15, 0.2) is 0 Å². The molecule has 2 saturated heterocycles. The lowest BCUT2D eigenvalue weighted by Crippen LogP contribution is -2.65. The molecule has 2 aliphatic heterocycles. The molecule has 0 spiro atoms. The second-order valence-electron chi connectivity index (χ2n) is 5.88. The summed E-state index contributed by atoms with van der Waals surface area (Å²) in [6, 6.07) is -0.613. The Hall–Kier alpha value is -0.710. The van der Waals surface area contributed by atoms with Gasteiger partial charge in [-0.1, -0.05) is 20.8 Å². The molecule has 0 aromatic rings. The summed E-state index contributed by atoms with van der Waals surface area (Å²) >= 11 is 1.95. The molecule has 2 heterocycles. The predicted octanol–water partition coefficient (Wildman–Crippen LogP) is 1.50. The lowest BCUT2D eigenvalue weighted by atomic mass is 9.94. The first-order valence-corrected chi connectivity index (χ1v) is 8.38. The monoisotopic (exact) mass is 284 g/mol. The third-order valence-corrected chi connectivity index (χ3v) is 5.25. The molecule has 0 bridgehead atoms. The van der Waals surface area contributed by atoms with Crippen molar-refractivity contribution < 1.29 is 9.59 Å². The van der Waals surface area contributed by atoms with Crippen LogP contribution in [0.1, 0.15) is 33.6 Å². The van der Waals surface area contributed by atoms with Crippen LogP contribution in [-0.4, -0.2) is 46.8 Å². The summed E-state index contributed by atoms with van der Waals surface area (Å²) in [5.41, 5.74) is 0. The number of carbonyl (C=O) groups excluding carboxylic acids is 2. The van der Waals surface area contributed by atoms with Crippen molar-refractivity contribution >= 4 is 23.6 Å². The molecule has 3 unspecified atom stereocenters. The van der Waals surface area contributed by atoms with Gasteiger partial charge in [-0.3, -0.25) is 9.59 Å². The Balaban J connectivity index is 2.15. The second kappa shape index (κ2) is 6.16. The highest BCUT2D eigenvalue weighted by molar-refractivity contribution is 7.99. The number of amides is 2. The fourth-order valence-corrected chi connectivity index (χ4v) is 4.22. The van der Waals surface area contributed by atoms with Crippen molar-refractivity contribution in [2.75, 3.05) is 18.1 Å². The molecular weight excluding hydrogens is 260 g/mol. The van der Waals surface area contributed by atoms with Crippen molar-refractivity contribution in [3.05, 3.63) is 0 Å². The summed E-state index contributed by atoms with van der Waals surface area (Å²) in [6.07, 6.45) is 1.84. The maximum Gasteiger partial charge on any atom is 0.245 e. The zero-order valence-corrected chi connectivity index (χ0v) is 12.8. The van der Waals surface area contributed by atoms with Gasteiger partial charge in [-0.25, -0.2) is 0 Å². The highest BCUT2D eigenvalue weighted by Crippen LogP contribution is 2.27. The summed E-state index contributed by atoms with van der Waals surface area (Å²) in [6.45, 7) is 6.72. The minimum Gasteiger partial charge on any atom is -0.343 e. The quantitative estimate of drug-likeness (QED) is 0.851. The molecule has 0 saturated carbocycles. The topological polar surface area (TPSA) is 49.4 Å². The lowest BCUT2D eigenvalue weighted by Gasteiger charge is -2.41. The first kappa shape index (κ1) is 14.7. The van der Waals surface area contributed by atoms with Gasteiger partial charge in [-0.2, -0.15) is 11.8 Å². The van der Waals surface area contributed by atoms with E-state index in [1.165, 1.54) is 5.75 Å². The summed E-state index contributed by atoms with van der Waals surface area (Å²) in [5.74, 6) is 3.15. The molecule has 2 rings (SSSR count). The Morgan fingerprint density at radius 3 is 2.68 bits per heavy atom. The maximum atomic E-state index is 12.5. The van der Waals surface area contributed by atoms with Crippen molar-refractivity contribution in [2.45, 2.75) is 45.7 Å². The molecular formula is C14H24N2O2S. The van der Waals surface area contributed by atoms with E-state index in [0.29, 0.717) is 12.3 Å². The number of nitrogens with zero attached hydrogens (tertiary/aromatic N) is 1. The number of carbonyl (C=O) groups is 2. The number of thioether (sulfide) groups is 1. The SMILES string of the molecule is CCC1NC(=O)C(C(C)C)N(CC2CCSC2)C1=O. The van der Waals surface area contributed by atoms with Crippen LogP contribution in [-0.2, 0) is 9.59 Å².